The average molecular weight is 512 g/mol. The summed E-state index contributed by atoms with van der Waals surface area (Å²) in [5.74, 6) is 0.570. The number of hydrogen-bond acceptors (Lipinski definition) is 4. The SMILES string of the molecule is CCOc1cc(C=C(C#N)c2ccccc2Cl)cc(Br)c1OCC(=O)Nc1ccccc1. The predicted octanol–water partition coefficient (Wildman–Crippen LogP) is 6.58. The van der Waals surface area contributed by atoms with Crippen LogP contribution in [0.4, 0.5) is 5.69 Å². The molecule has 0 aliphatic rings. The monoisotopic (exact) mass is 510 g/mol. The number of para-hydroxylation sites is 1. The van der Waals surface area contributed by atoms with Gasteiger partial charge in [-0.2, -0.15) is 5.26 Å². The molecule has 3 aromatic rings. The molecule has 0 saturated carbocycles. The molecule has 0 radical (unpaired) electrons. The van der Waals surface area contributed by atoms with Gasteiger partial charge in [0.2, 0.25) is 0 Å². The predicted molar refractivity (Wildman–Crippen MR) is 131 cm³/mol. The van der Waals surface area contributed by atoms with E-state index in [4.69, 9.17) is 21.1 Å². The molecule has 0 aliphatic carbocycles. The second kappa shape index (κ2) is 11.4. The molecule has 0 saturated heterocycles. The summed E-state index contributed by atoms with van der Waals surface area (Å²) in [6.45, 7) is 2.07. The number of amides is 1. The number of rotatable bonds is 8. The largest absolute Gasteiger partial charge is 0.490 e. The molecule has 0 heterocycles. The van der Waals surface area contributed by atoms with Crippen LogP contribution < -0.4 is 14.8 Å². The molecule has 3 aromatic carbocycles. The van der Waals surface area contributed by atoms with Crippen molar-refractivity contribution in [3.63, 3.8) is 0 Å². The second-order valence-electron chi connectivity index (χ2n) is 6.62. The summed E-state index contributed by atoms with van der Waals surface area (Å²) in [4.78, 5) is 12.3. The van der Waals surface area contributed by atoms with Gasteiger partial charge in [0.1, 0.15) is 0 Å². The highest BCUT2D eigenvalue weighted by atomic mass is 79.9. The number of carbonyl (C=O) groups is 1. The minimum atomic E-state index is -0.292. The molecule has 0 aliphatic heterocycles. The molecule has 1 amide bonds. The van der Waals surface area contributed by atoms with Crippen molar-refractivity contribution in [1.29, 1.82) is 5.26 Å². The maximum atomic E-state index is 12.3. The van der Waals surface area contributed by atoms with Crippen molar-refractivity contribution >= 4 is 50.8 Å². The normalized spacial score (nSPS) is 10.9. The van der Waals surface area contributed by atoms with E-state index in [1.807, 2.05) is 37.3 Å². The van der Waals surface area contributed by atoms with E-state index < -0.39 is 0 Å². The van der Waals surface area contributed by atoms with Gasteiger partial charge in [0.25, 0.3) is 5.91 Å². The standard InChI is InChI=1S/C25H20BrClN2O3/c1-2-31-23-14-17(12-18(15-28)20-10-6-7-11-22(20)27)13-21(26)25(23)32-16-24(30)29-19-8-4-3-5-9-19/h3-14H,2,16H2,1H3,(H,29,30). The quantitative estimate of drug-likeness (QED) is 0.274. The van der Waals surface area contributed by atoms with E-state index in [0.717, 1.165) is 5.56 Å². The number of benzene rings is 3. The smallest absolute Gasteiger partial charge is 0.262 e. The molecule has 0 fully saturated rings. The molecule has 0 spiro atoms. The molecule has 0 bridgehead atoms. The van der Waals surface area contributed by atoms with Gasteiger partial charge in [0.15, 0.2) is 18.1 Å². The van der Waals surface area contributed by atoms with Crippen LogP contribution in [0.25, 0.3) is 11.6 Å². The first-order valence-corrected chi connectivity index (χ1v) is 11.0. The Labute approximate surface area is 200 Å². The van der Waals surface area contributed by atoms with Crippen LogP contribution in [0.1, 0.15) is 18.1 Å². The zero-order valence-corrected chi connectivity index (χ0v) is 19.6. The van der Waals surface area contributed by atoms with Crippen molar-refractivity contribution in [3.8, 4) is 17.6 Å². The van der Waals surface area contributed by atoms with Crippen molar-refractivity contribution in [3.05, 3.63) is 87.4 Å². The Balaban J connectivity index is 1.84. The lowest BCUT2D eigenvalue weighted by Crippen LogP contribution is -2.20. The fourth-order valence-corrected chi connectivity index (χ4v) is 3.76. The maximum absolute atomic E-state index is 12.3. The number of nitriles is 1. The number of nitrogens with zero attached hydrogens (tertiary/aromatic N) is 1. The van der Waals surface area contributed by atoms with E-state index in [2.05, 4.69) is 27.3 Å². The minimum Gasteiger partial charge on any atom is -0.490 e. The Kier molecular flexibility index (Phi) is 8.32. The molecule has 32 heavy (non-hydrogen) atoms. The Morgan fingerprint density at radius 1 is 1.12 bits per heavy atom. The molecule has 0 atom stereocenters. The molecule has 0 unspecified atom stereocenters. The number of anilines is 1. The van der Waals surface area contributed by atoms with E-state index >= 15 is 0 Å². The van der Waals surface area contributed by atoms with Gasteiger partial charge >= 0.3 is 0 Å². The topological polar surface area (TPSA) is 71.3 Å². The van der Waals surface area contributed by atoms with E-state index in [9.17, 15) is 10.1 Å². The Morgan fingerprint density at radius 2 is 1.84 bits per heavy atom. The minimum absolute atomic E-state index is 0.189. The lowest BCUT2D eigenvalue weighted by Gasteiger charge is -2.15. The summed E-state index contributed by atoms with van der Waals surface area (Å²) in [5, 5.41) is 12.9. The molecular formula is C25H20BrClN2O3. The summed E-state index contributed by atoms with van der Waals surface area (Å²) < 4.78 is 12.1. The van der Waals surface area contributed by atoms with Gasteiger partial charge in [-0.15, -0.1) is 0 Å². The van der Waals surface area contributed by atoms with Crippen LogP contribution in [0.15, 0.2) is 71.2 Å². The lowest BCUT2D eigenvalue weighted by atomic mass is 10.0. The maximum Gasteiger partial charge on any atom is 0.262 e. The molecule has 7 heteroatoms. The number of ether oxygens (including phenoxy) is 2. The number of hydrogen-bond donors (Lipinski definition) is 1. The van der Waals surface area contributed by atoms with E-state index in [1.54, 1.807) is 42.5 Å². The average Bonchev–Trinajstić information content (AvgIpc) is 2.78. The highest BCUT2D eigenvalue weighted by molar-refractivity contribution is 9.10. The summed E-state index contributed by atoms with van der Waals surface area (Å²) in [7, 11) is 0. The van der Waals surface area contributed by atoms with Gasteiger partial charge < -0.3 is 14.8 Å². The molecule has 0 aromatic heterocycles. The summed E-state index contributed by atoms with van der Waals surface area (Å²) in [6, 6.07) is 22.0. The van der Waals surface area contributed by atoms with Gasteiger partial charge in [-0.05, 0) is 64.8 Å². The Hall–Kier alpha value is -3.27. The third-order valence-electron chi connectivity index (χ3n) is 4.33. The van der Waals surface area contributed by atoms with E-state index in [0.29, 0.717) is 44.4 Å². The third-order valence-corrected chi connectivity index (χ3v) is 5.25. The highest BCUT2D eigenvalue weighted by Crippen LogP contribution is 2.38. The molecule has 3 rings (SSSR count). The van der Waals surface area contributed by atoms with E-state index in [1.165, 1.54) is 0 Å². The van der Waals surface area contributed by atoms with Crippen LogP contribution in [0.2, 0.25) is 5.02 Å². The van der Waals surface area contributed by atoms with Crippen molar-refractivity contribution < 1.29 is 14.3 Å². The van der Waals surface area contributed by atoms with Crippen molar-refractivity contribution in [2.24, 2.45) is 0 Å². The first kappa shape index (κ1) is 23.4. The summed E-state index contributed by atoms with van der Waals surface area (Å²) in [5.41, 5.74) is 2.47. The van der Waals surface area contributed by atoms with Crippen LogP contribution in [-0.4, -0.2) is 19.1 Å². The van der Waals surface area contributed by atoms with Gasteiger partial charge in [0.05, 0.1) is 22.7 Å². The molecule has 1 N–H and O–H groups in total. The van der Waals surface area contributed by atoms with Gasteiger partial charge in [-0.3, -0.25) is 4.79 Å². The van der Waals surface area contributed by atoms with Crippen LogP contribution in [0, 0.1) is 11.3 Å². The Bertz CT molecular complexity index is 1170. The van der Waals surface area contributed by atoms with Crippen molar-refractivity contribution in [2.45, 2.75) is 6.92 Å². The molecule has 162 valence electrons. The lowest BCUT2D eigenvalue weighted by molar-refractivity contribution is -0.118. The Morgan fingerprint density at radius 3 is 2.53 bits per heavy atom. The first-order valence-electron chi connectivity index (χ1n) is 9.82. The van der Waals surface area contributed by atoms with Crippen LogP contribution >= 0.6 is 27.5 Å². The second-order valence-corrected chi connectivity index (χ2v) is 7.88. The van der Waals surface area contributed by atoms with Gasteiger partial charge in [0, 0.05) is 16.3 Å². The zero-order valence-electron chi connectivity index (χ0n) is 17.3. The summed E-state index contributed by atoms with van der Waals surface area (Å²) in [6.07, 6.45) is 1.72. The summed E-state index contributed by atoms with van der Waals surface area (Å²) >= 11 is 9.74. The number of allylic oxidation sites excluding steroid dienone is 1. The van der Waals surface area contributed by atoms with Crippen LogP contribution in [-0.2, 0) is 4.79 Å². The zero-order chi connectivity index (χ0) is 22.9. The fourth-order valence-electron chi connectivity index (χ4n) is 2.95. The highest BCUT2D eigenvalue weighted by Gasteiger charge is 2.15. The molecular weight excluding hydrogens is 492 g/mol. The fraction of sp³-hybridized carbons (Fsp3) is 0.120. The van der Waals surface area contributed by atoms with Crippen molar-refractivity contribution in [2.75, 3.05) is 18.5 Å². The third kappa shape index (κ3) is 6.13. The first-order chi connectivity index (χ1) is 15.5. The van der Waals surface area contributed by atoms with Crippen LogP contribution in [0.3, 0.4) is 0 Å². The molecule has 5 nitrogen and oxygen atoms in total. The van der Waals surface area contributed by atoms with Crippen molar-refractivity contribution in [1.82, 2.24) is 0 Å². The number of nitrogens with one attached hydrogen (secondary N) is 1. The number of halogens is 2. The van der Waals surface area contributed by atoms with Gasteiger partial charge in [-0.25, -0.2) is 0 Å². The van der Waals surface area contributed by atoms with Crippen LogP contribution in [0.5, 0.6) is 11.5 Å². The number of carbonyl (C=O) groups excluding carboxylic acids is 1. The van der Waals surface area contributed by atoms with E-state index in [-0.39, 0.29) is 12.5 Å². The van der Waals surface area contributed by atoms with Gasteiger partial charge in [-0.1, -0.05) is 48.0 Å².